The van der Waals surface area contributed by atoms with Gasteiger partial charge < -0.3 is 0 Å². The summed E-state index contributed by atoms with van der Waals surface area (Å²) in [5, 5.41) is 12.8. The Kier molecular flexibility index (Phi) is 5.83. The Balaban J connectivity index is 1.44. The van der Waals surface area contributed by atoms with Crippen molar-refractivity contribution in [3.8, 4) is 33.4 Å². The number of benzene rings is 9. The van der Waals surface area contributed by atoms with Crippen molar-refractivity contribution in [3.05, 3.63) is 169 Å². The van der Waals surface area contributed by atoms with Crippen LogP contribution in [0.3, 0.4) is 0 Å². The summed E-state index contributed by atoms with van der Waals surface area (Å²) in [6, 6.07) is 60.6. The van der Waals surface area contributed by atoms with E-state index in [9.17, 15) is 0 Å². The normalized spacial score (nSPS) is 11.7. The first-order valence-corrected chi connectivity index (χ1v) is 15.7. The molecule has 0 heteroatoms. The smallest absolute Gasteiger partial charge is 0.00923 e. The number of aryl methyl sites for hydroxylation is 1. The molecule has 0 radical (unpaired) electrons. The maximum absolute atomic E-state index is 2.45. The van der Waals surface area contributed by atoms with Crippen LogP contribution >= 0.6 is 0 Å². The molecule has 0 N–H and O–H groups in total. The largest absolute Gasteiger partial charge is 0.0616 e. The van der Waals surface area contributed by atoms with Crippen molar-refractivity contribution in [2.75, 3.05) is 0 Å². The molecule has 0 saturated carbocycles. The van der Waals surface area contributed by atoms with E-state index < -0.39 is 0 Å². The molecule has 45 heavy (non-hydrogen) atoms. The van der Waals surface area contributed by atoms with Crippen molar-refractivity contribution in [3.63, 3.8) is 0 Å². The minimum atomic E-state index is 1.23. The first-order valence-electron chi connectivity index (χ1n) is 15.7. The molecule has 0 aliphatic heterocycles. The number of hydrogen-bond acceptors (Lipinski definition) is 0. The highest BCUT2D eigenvalue weighted by Crippen LogP contribution is 2.45. The maximum atomic E-state index is 2.45. The van der Waals surface area contributed by atoms with Crippen LogP contribution in [0.2, 0.25) is 0 Å². The lowest BCUT2D eigenvalue weighted by Crippen LogP contribution is -1.91. The van der Waals surface area contributed by atoms with Gasteiger partial charge in [0.05, 0.1) is 0 Å². The van der Waals surface area contributed by atoms with Crippen LogP contribution in [0.15, 0.2) is 164 Å². The molecule has 0 spiro atoms. The third-order valence-electron chi connectivity index (χ3n) is 9.52. The van der Waals surface area contributed by atoms with E-state index in [4.69, 9.17) is 0 Å². The lowest BCUT2D eigenvalue weighted by Gasteiger charge is -2.18. The molecule has 0 saturated heterocycles. The summed E-state index contributed by atoms with van der Waals surface area (Å²) in [5.74, 6) is 0. The quantitative estimate of drug-likeness (QED) is 0.185. The van der Waals surface area contributed by atoms with Crippen LogP contribution in [0.25, 0.3) is 87.2 Å². The molecule has 0 nitrogen and oxygen atoms in total. The second-order valence-corrected chi connectivity index (χ2v) is 12.2. The Morgan fingerprint density at radius 1 is 0.267 bits per heavy atom. The van der Waals surface area contributed by atoms with E-state index in [1.165, 1.54) is 92.8 Å². The van der Waals surface area contributed by atoms with E-state index in [0.29, 0.717) is 0 Å². The fourth-order valence-electron chi connectivity index (χ4n) is 7.29. The van der Waals surface area contributed by atoms with E-state index in [-0.39, 0.29) is 0 Å². The van der Waals surface area contributed by atoms with Crippen molar-refractivity contribution in [1.29, 1.82) is 0 Å². The van der Waals surface area contributed by atoms with Gasteiger partial charge in [0.1, 0.15) is 0 Å². The van der Waals surface area contributed by atoms with Gasteiger partial charge in [-0.15, -0.1) is 0 Å². The average molecular weight is 571 g/mol. The lowest BCUT2D eigenvalue weighted by atomic mass is 9.85. The van der Waals surface area contributed by atoms with Crippen LogP contribution in [0.4, 0.5) is 0 Å². The van der Waals surface area contributed by atoms with Gasteiger partial charge in [0.15, 0.2) is 0 Å². The predicted octanol–water partition coefficient (Wildman–Crippen LogP) is 12.8. The number of fused-ring (bicyclic) bond motifs is 7. The predicted molar refractivity (Wildman–Crippen MR) is 195 cm³/mol. The van der Waals surface area contributed by atoms with Crippen LogP contribution in [-0.4, -0.2) is 0 Å². The molecule has 0 aliphatic carbocycles. The standard InChI is InChI=1S/C45H30/c1-29-20-22-30(23-21-29)33-24-25-40-41(26-33)43(37-19-9-13-32-11-3-5-15-35(32)37)28-44-39-17-7-6-16-38(39)42(27-45(40)44)36-18-8-12-31-10-2-4-14-34(31)36/h2-28H,1H3. The van der Waals surface area contributed by atoms with E-state index in [0.717, 1.165) is 0 Å². The van der Waals surface area contributed by atoms with Crippen LogP contribution < -0.4 is 0 Å². The minimum Gasteiger partial charge on any atom is -0.0616 e. The molecule has 0 unspecified atom stereocenters. The first-order chi connectivity index (χ1) is 22.2. The van der Waals surface area contributed by atoms with Gasteiger partial charge in [0.25, 0.3) is 0 Å². The van der Waals surface area contributed by atoms with Gasteiger partial charge in [-0.3, -0.25) is 0 Å². The van der Waals surface area contributed by atoms with Crippen molar-refractivity contribution in [1.82, 2.24) is 0 Å². The Labute approximate surface area is 262 Å². The molecule has 9 rings (SSSR count). The fourth-order valence-corrected chi connectivity index (χ4v) is 7.29. The molecule has 0 heterocycles. The topological polar surface area (TPSA) is 0 Å². The molecule has 0 fully saturated rings. The molecule has 0 bridgehead atoms. The second-order valence-electron chi connectivity index (χ2n) is 12.2. The molecule has 0 aliphatic rings. The summed E-state index contributed by atoms with van der Waals surface area (Å²) >= 11 is 0. The highest BCUT2D eigenvalue weighted by atomic mass is 14.2. The zero-order valence-corrected chi connectivity index (χ0v) is 25.1. The summed E-state index contributed by atoms with van der Waals surface area (Å²) in [7, 11) is 0. The molecule has 9 aromatic carbocycles. The van der Waals surface area contributed by atoms with Crippen LogP contribution in [0.5, 0.6) is 0 Å². The van der Waals surface area contributed by atoms with Crippen LogP contribution in [0, 0.1) is 6.92 Å². The molecule has 0 atom stereocenters. The zero-order chi connectivity index (χ0) is 29.9. The van der Waals surface area contributed by atoms with Gasteiger partial charge in [0, 0.05) is 0 Å². The van der Waals surface area contributed by atoms with Crippen molar-refractivity contribution < 1.29 is 0 Å². The Hall–Kier alpha value is -5.72. The third kappa shape index (κ3) is 4.14. The summed E-state index contributed by atoms with van der Waals surface area (Å²) < 4.78 is 0. The lowest BCUT2D eigenvalue weighted by molar-refractivity contribution is 1.47. The summed E-state index contributed by atoms with van der Waals surface area (Å²) in [4.78, 5) is 0. The summed E-state index contributed by atoms with van der Waals surface area (Å²) in [5.41, 5.74) is 8.83. The van der Waals surface area contributed by atoms with Crippen LogP contribution in [0.1, 0.15) is 5.56 Å². The van der Waals surface area contributed by atoms with Gasteiger partial charge >= 0.3 is 0 Å². The zero-order valence-electron chi connectivity index (χ0n) is 25.1. The molecule has 0 amide bonds. The molecular formula is C45H30. The van der Waals surface area contributed by atoms with Gasteiger partial charge in [-0.2, -0.15) is 0 Å². The number of rotatable bonds is 3. The molecule has 0 aromatic heterocycles. The molecular weight excluding hydrogens is 540 g/mol. The van der Waals surface area contributed by atoms with E-state index in [1.807, 2.05) is 0 Å². The Morgan fingerprint density at radius 2 is 0.733 bits per heavy atom. The maximum Gasteiger partial charge on any atom is -0.00923 e. The monoisotopic (exact) mass is 570 g/mol. The number of hydrogen-bond donors (Lipinski definition) is 0. The Bertz CT molecular complexity index is 2570. The van der Waals surface area contributed by atoms with Gasteiger partial charge in [-0.05, 0) is 112 Å². The van der Waals surface area contributed by atoms with Gasteiger partial charge in [0.2, 0.25) is 0 Å². The minimum absolute atomic E-state index is 1.23. The second kappa shape index (κ2) is 10.2. The van der Waals surface area contributed by atoms with Crippen molar-refractivity contribution >= 4 is 53.9 Å². The van der Waals surface area contributed by atoms with Gasteiger partial charge in [-0.25, -0.2) is 0 Å². The van der Waals surface area contributed by atoms with Gasteiger partial charge in [-0.1, -0.05) is 151 Å². The summed E-state index contributed by atoms with van der Waals surface area (Å²) in [6.07, 6.45) is 0. The Morgan fingerprint density at radius 3 is 1.36 bits per heavy atom. The van der Waals surface area contributed by atoms with Crippen molar-refractivity contribution in [2.24, 2.45) is 0 Å². The summed E-state index contributed by atoms with van der Waals surface area (Å²) in [6.45, 7) is 2.15. The average Bonchev–Trinajstić information content (AvgIpc) is 3.10. The van der Waals surface area contributed by atoms with E-state index in [1.54, 1.807) is 0 Å². The highest BCUT2D eigenvalue weighted by molar-refractivity contribution is 6.25. The SMILES string of the molecule is Cc1ccc(-c2ccc3c(c2)c(-c2cccc4ccccc24)cc2c4ccccc4c(-c4cccc5ccccc45)cc32)cc1. The van der Waals surface area contributed by atoms with Crippen molar-refractivity contribution in [2.45, 2.75) is 6.92 Å². The molecule has 9 aromatic rings. The fraction of sp³-hybridized carbons (Fsp3) is 0.0222. The van der Waals surface area contributed by atoms with Crippen LogP contribution in [-0.2, 0) is 0 Å². The van der Waals surface area contributed by atoms with E-state index in [2.05, 4.69) is 171 Å². The highest BCUT2D eigenvalue weighted by Gasteiger charge is 2.17. The van der Waals surface area contributed by atoms with E-state index >= 15 is 0 Å². The molecule has 210 valence electrons. The third-order valence-corrected chi connectivity index (χ3v) is 9.52. The first kappa shape index (κ1) is 25.7.